The van der Waals surface area contributed by atoms with Crippen molar-refractivity contribution in [2.45, 2.75) is 51.0 Å². The molecule has 0 bridgehead atoms. The van der Waals surface area contributed by atoms with Gasteiger partial charge >= 0.3 is 0 Å². The molecule has 3 atom stereocenters. The fourth-order valence-electron chi connectivity index (χ4n) is 5.91. The Hall–Kier alpha value is -2.33. The van der Waals surface area contributed by atoms with Crippen LogP contribution in [0.25, 0.3) is 0 Å². The second-order valence-electron chi connectivity index (χ2n) is 10.1. The van der Waals surface area contributed by atoms with E-state index in [0.29, 0.717) is 17.6 Å². The van der Waals surface area contributed by atoms with Gasteiger partial charge in [-0.05, 0) is 80.9 Å². The summed E-state index contributed by atoms with van der Waals surface area (Å²) in [6, 6.07) is 17.8. The fraction of sp³-hybridized carbons (Fsp3) is 0.519. The number of rotatable bonds is 5. The van der Waals surface area contributed by atoms with Crippen molar-refractivity contribution in [1.82, 2.24) is 9.80 Å². The lowest BCUT2D eigenvalue weighted by molar-refractivity contribution is 0.0170. The lowest BCUT2D eigenvalue weighted by atomic mass is 9.57. The van der Waals surface area contributed by atoms with Gasteiger partial charge in [0.1, 0.15) is 5.75 Å². The first-order valence-electron chi connectivity index (χ1n) is 11.7. The number of benzene rings is 2. The smallest absolute Gasteiger partial charge is 0.254 e. The maximum absolute atomic E-state index is 13.6. The van der Waals surface area contributed by atoms with Crippen molar-refractivity contribution in [2.75, 3.05) is 26.7 Å². The Morgan fingerprint density at radius 3 is 2.65 bits per heavy atom. The molecule has 1 aliphatic carbocycles. The van der Waals surface area contributed by atoms with E-state index < -0.39 is 0 Å². The fourth-order valence-corrected chi connectivity index (χ4v) is 5.91. The quantitative estimate of drug-likeness (QED) is 0.746. The third kappa shape index (κ3) is 4.50. The van der Waals surface area contributed by atoms with Crippen LogP contribution >= 0.6 is 0 Å². The van der Waals surface area contributed by atoms with Crippen molar-refractivity contribution >= 4 is 5.91 Å². The number of aromatic hydroxyl groups is 1. The van der Waals surface area contributed by atoms with Gasteiger partial charge in [0.05, 0.1) is 0 Å². The molecule has 31 heavy (non-hydrogen) atoms. The average molecular weight is 421 g/mol. The van der Waals surface area contributed by atoms with E-state index in [1.54, 1.807) is 6.07 Å². The minimum atomic E-state index is 0.0143. The molecule has 2 fully saturated rings. The lowest BCUT2D eigenvalue weighted by Crippen LogP contribution is -2.56. The van der Waals surface area contributed by atoms with Gasteiger partial charge in [0, 0.05) is 30.1 Å². The van der Waals surface area contributed by atoms with Gasteiger partial charge in [0.2, 0.25) is 0 Å². The van der Waals surface area contributed by atoms with E-state index in [1.807, 2.05) is 42.5 Å². The average Bonchev–Trinajstić information content (AvgIpc) is 2.77. The number of carbonyl (C=O) groups is 1. The predicted octanol–water partition coefficient (Wildman–Crippen LogP) is 4.93. The number of hydrogen-bond acceptors (Lipinski definition) is 3. The van der Waals surface area contributed by atoms with E-state index in [1.165, 1.54) is 5.56 Å². The van der Waals surface area contributed by atoms with Gasteiger partial charge in [0.15, 0.2) is 0 Å². The highest BCUT2D eigenvalue weighted by Crippen LogP contribution is 2.50. The van der Waals surface area contributed by atoms with Crippen LogP contribution in [-0.4, -0.2) is 53.5 Å². The van der Waals surface area contributed by atoms with Gasteiger partial charge in [-0.1, -0.05) is 44.2 Å². The Labute approximate surface area is 186 Å². The van der Waals surface area contributed by atoms with Crippen molar-refractivity contribution in [3.05, 3.63) is 65.7 Å². The summed E-state index contributed by atoms with van der Waals surface area (Å²) in [6.45, 7) is 7.29. The third-order valence-corrected chi connectivity index (χ3v) is 7.41. The molecule has 4 nitrogen and oxygen atoms in total. The van der Waals surface area contributed by atoms with Gasteiger partial charge < -0.3 is 14.9 Å². The van der Waals surface area contributed by atoms with Gasteiger partial charge in [-0.2, -0.15) is 0 Å². The van der Waals surface area contributed by atoms with E-state index in [2.05, 4.69) is 36.8 Å². The molecule has 1 N–H and O–H groups in total. The van der Waals surface area contributed by atoms with E-state index in [4.69, 9.17) is 0 Å². The molecule has 0 radical (unpaired) electrons. The molecule has 3 unspecified atom stereocenters. The molecule has 1 amide bonds. The summed E-state index contributed by atoms with van der Waals surface area (Å²) in [5, 5.41) is 10.2. The Bertz CT molecular complexity index is 897. The summed E-state index contributed by atoms with van der Waals surface area (Å²) in [5.41, 5.74) is 2.03. The first-order chi connectivity index (χ1) is 14.9. The molecular weight excluding hydrogens is 384 g/mol. The van der Waals surface area contributed by atoms with Crippen LogP contribution in [0, 0.1) is 11.8 Å². The van der Waals surface area contributed by atoms with Gasteiger partial charge in [-0.25, -0.2) is 0 Å². The highest BCUT2D eigenvalue weighted by atomic mass is 16.3. The van der Waals surface area contributed by atoms with E-state index in [9.17, 15) is 9.90 Å². The molecule has 0 aromatic heterocycles. The minimum absolute atomic E-state index is 0.0143. The topological polar surface area (TPSA) is 43.8 Å². The number of phenolic OH excluding ortho intramolecular Hbond substituents is 1. The molecule has 0 spiro atoms. The Morgan fingerprint density at radius 2 is 1.94 bits per heavy atom. The molecule has 1 saturated heterocycles. The number of hydrogen-bond donors (Lipinski definition) is 1. The molecule has 1 saturated carbocycles. The van der Waals surface area contributed by atoms with Crippen LogP contribution in [0.2, 0.25) is 0 Å². The largest absolute Gasteiger partial charge is 0.508 e. The van der Waals surface area contributed by atoms with E-state index >= 15 is 0 Å². The maximum Gasteiger partial charge on any atom is 0.254 e. The molecule has 2 aromatic carbocycles. The minimum Gasteiger partial charge on any atom is -0.508 e. The lowest BCUT2D eigenvalue weighted by Gasteiger charge is -2.54. The zero-order valence-electron chi connectivity index (χ0n) is 19.1. The summed E-state index contributed by atoms with van der Waals surface area (Å²) in [5.74, 6) is 1.46. The number of phenols is 1. The monoisotopic (exact) mass is 420 g/mol. The highest BCUT2D eigenvalue weighted by molar-refractivity contribution is 5.94. The van der Waals surface area contributed by atoms with Crippen molar-refractivity contribution < 1.29 is 9.90 Å². The van der Waals surface area contributed by atoms with Crippen molar-refractivity contribution in [3.8, 4) is 5.75 Å². The molecule has 2 aliphatic rings. The molecule has 1 aliphatic heterocycles. The Morgan fingerprint density at radius 1 is 1.16 bits per heavy atom. The van der Waals surface area contributed by atoms with E-state index in [-0.39, 0.29) is 17.4 Å². The first-order valence-corrected chi connectivity index (χ1v) is 11.7. The highest BCUT2D eigenvalue weighted by Gasteiger charge is 2.49. The van der Waals surface area contributed by atoms with Crippen LogP contribution in [0.5, 0.6) is 5.75 Å². The van der Waals surface area contributed by atoms with Gasteiger partial charge in [-0.15, -0.1) is 0 Å². The van der Waals surface area contributed by atoms with Gasteiger partial charge in [0.25, 0.3) is 5.91 Å². The first kappa shape index (κ1) is 21.9. The van der Waals surface area contributed by atoms with Crippen molar-refractivity contribution in [1.29, 1.82) is 0 Å². The summed E-state index contributed by atoms with van der Waals surface area (Å²) >= 11 is 0. The summed E-state index contributed by atoms with van der Waals surface area (Å²) in [4.78, 5) is 18.2. The molecule has 4 rings (SSSR count). The van der Waals surface area contributed by atoms with Crippen molar-refractivity contribution in [2.24, 2.45) is 11.8 Å². The second-order valence-corrected chi connectivity index (χ2v) is 10.1. The number of fused-ring (bicyclic) bond motifs is 1. The van der Waals surface area contributed by atoms with Crippen LogP contribution in [0.3, 0.4) is 0 Å². The molecule has 1 heterocycles. The summed E-state index contributed by atoms with van der Waals surface area (Å²) in [6.07, 6.45) is 4.20. The van der Waals surface area contributed by atoms with Crippen LogP contribution in [0.1, 0.15) is 55.5 Å². The Kier molecular flexibility index (Phi) is 6.38. The number of piperidine rings is 1. The van der Waals surface area contributed by atoms with Crippen LogP contribution in [0.15, 0.2) is 54.6 Å². The van der Waals surface area contributed by atoms with Crippen molar-refractivity contribution in [3.63, 3.8) is 0 Å². The number of nitrogens with zero attached hydrogens (tertiary/aromatic N) is 2. The Balaban J connectivity index is 1.69. The molecule has 166 valence electrons. The third-order valence-electron chi connectivity index (χ3n) is 7.41. The summed E-state index contributed by atoms with van der Waals surface area (Å²) in [7, 11) is 2.21. The number of likely N-dealkylation sites (tertiary alicyclic amines) is 1. The second kappa shape index (κ2) is 9.04. The molecular formula is C27H36N2O2. The van der Waals surface area contributed by atoms with Crippen LogP contribution in [-0.2, 0) is 5.41 Å². The standard InChI is InChI=1S/C27H36N2O2/c1-20(2)18-29(26(31)21-8-5-4-6-9-21)24-13-12-23-19-28(3)15-14-27(23,17-24)22-10-7-11-25(30)16-22/h4-11,16,20,23-24,30H,12-15,17-19H2,1-3H3. The number of amides is 1. The van der Waals surface area contributed by atoms with Gasteiger partial charge in [-0.3, -0.25) is 4.79 Å². The number of carbonyl (C=O) groups excluding carboxylic acids is 1. The zero-order chi connectivity index (χ0) is 22.0. The van der Waals surface area contributed by atoms with Crippen LogP contribution in [0.4, 0.5) is 0 Å². The normalized spacial score (nSPS) is 26.5. The van der Waals surface area contributed by atoms with E-state index in [0.717, 1.165) is 50.9 Å². The zero-order valence-corrected chi connectivity index (χ0v) is 19.1. The summed E-state index contributed by atoms with van der Waals surface area (Å²) < 4.78 is 0. The SMILES string of the molecule is CC(C)CN(C(=O)c1ccccc1)C1CCC2CN(C)CCC2(c2cccc(O)c2)C1. The molecule has 2 aromatic rings. The predicted molar refractivity (Wildman–Crippen MR) is 125 cm³/mol. The van der Waals surface area contributed by atoms with Crippen LogP contribution < -0.4 is 0 Å². The maximum atomic E-state index is 13.6. The molecule has 4 heteroatoms.